The highest BCUT2D eigenvalue weighted by molar-refractivity contribution is 7.98. The molecule has 3 nitrogen and oxygen atoms in total. The van der Waals surface area contributed by atoms with Crippen LogP contribution < -0.4 is 10.5 Å². The van der Waals surface area contributed by atoms with Gasteiger partial charge in [0.05, 0.1) is 0 Å². The van der Waals surface area contributed by atoms with Gasteiger partial charge in [-0.25, -0.2) is 0 Å². The van der Waals surface area contributed by atoms with Crippen molar-refractivity contribution < 1.29 is 4.79 Å². The van der Waals surface area contributed by atoms with E-state index in [1.807, 2.05) is 26.0 Å². The summed E-state index contributed by atoms with van der Waals surface area (Å²) in [5.41, 5.74) is 6.21. The molecule has 0 unspecified atom stereocenters. The predicted molar refractivity (Wildman–Crippen MR) is 61.9 cm³/mol. The molecule has 0 saturated carbocycles. The molecule has 1 aromatic carbocycles. The van der Waals surface area contributed by atoms with Gasteiger partial charge in [-0.2, -0.15) is 0 Å². The van der Waals surface area contributed by atoms with E-state index < -0.39 is 0 Å². The highest BCUT2D eigenvalue weighted by Gasteiger charge is 1.94. The second-order valence-corrected chi connectivity index (χ2v) is 3.21. The first kappa shape index (κ1) is 12.8. The number of carbonyl (C=O) groups excluding carboxylic acids is 1. The lowest BCUT2D eigenvalue weighted by Gasteiger charge is -2.00. The molecule has 0 aromatic heterocycles. The number of nitrogen functional groups attached to an aromatic ring is 1. The molecule has 0 spiro atoms. The van der Waals surface area contributed by atoms with Crippen LogP contribution in [0, 0.1) is 0 Å². The van der Waals surface area contributed by atoms with Crippen molar-refractivity contribution in [3.05, 3.63) is 24.3 Å². The molecule has 0 radical (unpaired) electrons. The van der Waals surface area contributed by atoms with Crippen LogP contribution in [0.3, 0.4) is 0 Å². The highest BCUT2D eigenvalue weighted by atomic mass is 32.2. The smallest absolute Gasteiger partial charge is 0.226 e. The third-order valence-corrected chi connectivity index (χ3v) is 2.09. The Morgan fingerprint density at radius 3 is 2.21 bits per heavy atom. The highest BCUT2D eigenvalue weighted by Crippen LogP contribution is 2.15. The maximum Gasteiger partial charge on any atom is 0.226 e. The molecular weight excluding hydrogens is 196 g/mol. The Hall–Kier alpha value is -1.16. The Labute approximate surface area is 89.2 Å². The predicted octanol–water partition coefficient (Wildman–Crippen LogP) is 2.44. The summed E-state index contributed by atoms with van der Waals surface area (Å²) in [6.45, 7) is 5.48. The van der Waals surface area contributed by atoms with E-state index >= 15 is 0 Å². The summed E-state index contributed by atoms with van der Waals surface area (Å²) in [7, 11) is 0. The zero-order valence-electron chi connectivity index (χ0n) is 8.70. The Kier molecular flexibility index (Phi) is 6.66. The molecule has 0 fully saturated rings. The fraction of sp³-hybridized carbons (Fsp3) is 0.300. The van der Waals surface area contributed by atoms with Gasteiger partial charge < -0.3 is 5.73 Å². The maximum atomic E-state index is 10.5. The second-order valence-electron chi connectivity index (χ2n) is 2.33. The topological polar surface area (TPSA) is 55.1 Å². The van der Waals surface area contributed by atoms with Gasteiger partial charge in [0.25, 0.3) is 0 Å². The van der Waals surface area contributed by atoms with E-state index in [2.05, 4.69) is 4.72 Å². The Morgan fingerprint density at radius 1 is 1.29 bits per heavy atom. The molecule has 1 rings (SSSR count). The number of amides is 1. The minimum atomic E-state index is -0.0585. The largest absolute Gasteiger partial charge is 0.399 e. The minimum absolute atomic E-state index is 0.0585. The summed E-state index contributed by atoms with van der Waals surface area (Å²) in [5.74, 6) is -0.0585. The van der Waals surface area contributed by atoms with Gasteiger partial charge in [-0.1, -0.05) is 13.8 Å². The number of hydrogen-bond acceptors (Lipinski definition) is 3. The van der Waals surface area contributed by atoms with Crippen LogP contribution in [0.5, 0.6) is 0 Å². The summed E-state index contributed by atoms with van der Waals surface area (Å²) in [4.78, 5) is 11.5. The van der Waals surface area contributed by atoms with Crippen LogP contribution in [0.15, 0.2) is 29.2 Å². The van der Waals surface area contributed by atoms with Crippen molar-refractivity contribution in [3.8, 4) is 0 Å². The number of nitrogens with one attached hydrogen (secondary N) is 1. The van der Waals surface area contributed by atoms with Gasteiger partial charge in [0, 0.05) is 17.5 Å². The van der Waals surface area contributed by atoms with Crippen molar-refractivity contribution in [2.75, 3.05) is 5.73 Å². The molecule has 4 heteroatoms. The lowest BCUT2D eigenvalue weighted by Crippen LogP contribution is -2.09. The second kappa shape index (κ2) is 7.26. The summed E-state index contributed by atoms with van der Waals surface area (Å²) in [6.07, 6.45) is 0. The first-order chi connectivity index (χ1) is 6.68. The van der Waals surface area contributed by atoms with Crippen molar-refractivity contribution >= 4 is 23.5 Å². The molecule has 0 aliphatic heterocycles. The fourth-order valence-corrected chi connectivity index (χ4v) is 1.20. The molecule has 0 atom stereocenters. The van der Waals surface area contributed by atoms with Crippen molar-refractivity contribution in [1.29, 1.82) is 0 Å². The van der Waals surface area contributed by atoms with E-state index in [1.54, 1.807) is 12.1 Å². The molecule has 0 heterocycles. The van der Waals surface area contributed by atoms with Crippen LogP contribution in [0.1, 0.15) is 20.8 Å². The zero-order valence-corrected chi connectivity index (χ0v) is 9.52. The molecule has 0 saturated heterocycles. The third kappa shape index (κ3) is 5.48. The van der Waals surface area contributed by atoms with Gasteiger partial charge in [-0.05, 0) is 36.2 Å². The van der Waals surface area contributed by atoms with Crippen LogP contribution in [0.2, 0.25) is 0 Å². The monoisotopic (exact) mass is 212 g/mol. The Bertz CT molecular complexity index is 272. The molecule has 78 valence electrons. The van der Waals surface area contributed by atoms with Gasteiger partial charge in [0.2, 0.25) is 5.91 Å². The molecule has 0 aliphatic carbocycles. The number of benzene rings is 1. The number of nitrogens with two attached hydrogens (primary N) is 1. The van der Waals surface area contributed by atoms with Gasteiger partial charge in [0.1, 0.15) is 0 Å². The van der Waals surface area contributed by atoms with E-state index in [1.165, 1.54) is 18.9 Å². The van der Waals surface area contributed by atoms with Crippen molar-refractivity contribution in [2.45, 2.75) is 25.7 Å². The summed E-state index contributed by atoms with van der Waals surface area (Å²) >= 11 is 1.28. The molecule has 0 aliphatic rings. The van der Waals surface area contributed by atoms with Crippen molar-refractivity contribution in [3.63, 3.8) is 0 Å². The lowest BCUT2D eigenvalue weighted by molar-refractivity contribution is -0.117. The van der Waals surface area contributed by atoms with Crippen LogP contribution in [0.4, 0.5) is 5.69 Å². The lowest BCUT2D eigenvalue weighted by atomic mass is 10.3. The Morgan fingerprint density at radius 2 is 1.79 bits per heavy atom. The van der Waals surface area contributed by atoms with E-state index in [0.717, 1.165) is 10.6 Å². The van der Waals surface area contributed by atoms with E-state index in [4.69, 9.17) is 5.73 Å². The standard InChI is InChI=1S/C8H10N2OS.C2H6/c1-6(11)10-12-8-4-2-7(9)3-5-8;1-2/h2-5H,9H2,1H3,(H,10,11);1-2H3. The number of rotatable bonds is 2. The maximum absolute atomic E-state index is 10.5. The molecule has 0 bridgehead atoms. The van der Waals surface area contributed by atoms with Crippen LogP contribution in [0.25, 0.3) is 0 Å². The SMILES string of the molecule is CC.CC(=O)NSc1ccc(N)cc1. The molecular formula is C10H16N2OS. The number of anilines is 1. The van der Waals surface area contributed by atoms with Gasteiger partial charge in [0.15, 0.2) is 0 Å². The average molecular weight is 212 g/mol. The zero-order chi connectivity index (χ0) is 11.0. The van der Waals surface area contributed by atoms with E-state index in [9.17, 15) is 4.79 Å². The number of hydrogen-bond donors (Lipinski definition) is 2. The van der Waals surface area contributed by atoms with Gasteiger partial charge in [-0.3, -0.25) is 9.52 Å². The quantitative estimate of drug-likeness (QED) is 0.585. The van der Waals surface area contributed by atoms with Crippen LogP contribution in [-0.4, -0.2) is 5.91 Å². The normalized spacial score (nSPS) is 8.50. The average Bonchev–Trinajstić information content (AvgIpc) is 2.20. The first-order valence-electron chi connectivity index (χ1n) is 4.47. The van der Waals surface area contributed by atoms with E-state index in [0.29, 0.717) is 0 Å². The summed E-state index contributed by atoms with van der Waals surface area (Å²) < 4.78 is 2.62. The first-order valence-corrected chi connectivity index (χ1v) is 5.29. The fourth-order valence-electron chi connectivity index (χ4n) is 0.667. The molecule has 1 aromatic rings. The Balaban J connectivity index is 0.000000791. The van der Waals surface area contributed by atoms with Crippen LogP contribution >= 0.6 is 11.9 Å². The van der Waals surface area contributed by atoms with Gasteiger partial charge >= 0.3 is 0 Å². The molecule has 14 heavy (non-hydrogen) atoms. The third-order valence-electron chi connectivity index (χ3n) is 1.19. The minimum Gasteiger partial charge on any atom is -0.399 e. The van der Waals surface area contributed by atoms with Crippen LogP contribution in [-0.2, 0) is 4.79 Å². The molecule has 1 amide bonds. The molecule has 3 N–H and O–H groups in total. The van der Waals surface area contributed by atoms with Crippen molar-refractivity contribution in [1.82, 2.24) is 4.72 Å². The number of carbonyl (C=O) groups is 1. The summed E-state index contributed by atoms with van der Waals surface area (Å²) in [6, 6.07) is 7.31. The van der Waals surface area contributed by atoms with Gasteiger partial charge in [-0.15, -0.1) is 0 Å². The van der Waals surface area contributed by atoms with Crippen molar-refractivity contribution in [2.24, 2.45) is 0 Å². The van der Waals surface area contributed by atoms with E-state index in [-0.39, 0.29) is 5.91 Å². The summed E-state index contributed by atoms with van der Waals surface area (Å²) in [5, 5.41) is 0.